The molecule has 0 atom stereocenters. The number of thiocarbonyl (C=S) groups is 1. The number of benzene rings is 1. The number of piperazine rings is 1. The summed E-state index contributed by atoms with van der Waals surface area (Å²) in [5, 5.41) is 10.9. The van der Waals surface area contributed by atoms with Gasteiger partial charge < -0.3 is 15.4 Å². The van der Waals surface area contributed by atoms with E-state index in [2.05, 4.69) is 56.8 Å². The molecule has 10 heteroatoms. The number of pyridine rings is 1. The zero-order valence-electron chi connectivity index (χ0n) is 15.4. The Hall–Kier alpha value is -1.34. The van der Waals surface area contributed by atoms with Crippen LogP contribution in [0.1, 0.15) is 6.92 Å². The van der Waals surface area contributed by atoms with Gasteiger partial charge in [0.2, 0.25) is 5.82 Å². The number of hydrogen-bond donors (Lipinski definition) is 1. The molecule has 0 aliphatic carbocycles. The number of sulfonamides is 1. The van der Waals surface area contributed by atoms with Crippen LogP contribution in [0.3, 0.4) is 0 Å². The lowest BCUT2D eigenvalue weighted by molar-refractivity contribution is 0.188. The van der Waals surface area contributed by atoms with Crippen LogP contribution in [0.2, 0.25) is 0 Å². The largest absolute Gasteiger partial charge is 0.560 e. The van der Waals surface area contributed by atoms with Crippen LogP contribution in [-0.2, 0) is 10.0 Å². The van der Waals surface area contributed by atoms with E-state index in [9.17, 15) is 8.42 Å². The van der Waals surface area contributed by atoms with Gasteiger partial charge in [-0.05, 0) is 72.1 Å². The lowest BCUT2D eigenvalue weighted by atomic mass is 10.2. The number of hydrogen-bond acceptors (Lipinski definition) is 4. The third kappa shape index (κ3) is 4.79. The van der Waals surface area contributed by atoms with Gasteiger partial charge in [-0.1, -0.05) is 0 Å². The molecule has 2 N–H and O–H groups in total. The van der Waals surface area contributed by atoms with Crippen molar-refractivity contribution >= 4 is 61.4 Å². The summed E-state index contributed by atoms with van der Waals surface area (Å²) in [5.41, 5.74) is 0.707. The predicted molar refractivity (Wildman–Crippen MR) is 125 cm³/mol. The lowest BCUT2D eigenvalue weighted by Gasteiger charge is -2.43. The van der Waals surface area contributed by atoms with Gasteiger partial charge in [-0.15, -0.1) is 0 Å². The SMILES string of the molecule is CC[N+]1(c2ccc(I)cn2)CCN(C(=S)Nc2ccc(S([NH-])(=O)=O)cc2)CC1. The van der Waals surface area contributed by atoms with Gasteiger partial charge in [0, 0.05) is 26.4 Å². The molecule has 2 heterocycles. The second-order valence-electron chi connectivity index (χ2n) is 6.69. The molecule has 2 aromatic rings. The molecule has 1 aromatic heterocycles. The van der Waals surface area contributed by atoms with Gasteiger partial charge in [0.25, 0.3) is 0 Å². The Morgan fingerprint density at radius 3 is 2.39 bits per heavy atom. The molecule has 0 spiro atoms. The first-order chi connectivity index (χ1) is 13.2. The van der Waals surface area contributed by atoms with Crippen molar-refractivity contribution in [2.75, 3.05) is 38.0 Å². The minimum Gasteiger partial charge on any atom is -0.560 e. The lowest BCUT2D eigenvalue weighted by Crippen LogP contribution is -2.62. The fourth-order valence-corrected chi connectivity index (χ4v) is 4.44. The van der Waals surface area contributed by atoms with Crippen LogP contribution < -0.4 is 9.80 Å². The molecule has 7 nitrogen and oxygen atoms in total. The van der Waals surface area contributed by atoms with Crippen LogP contribution in [0.5, 0.6) is 0 Å². The second kappa shape index (κ2) is 8.57. The Bertz CT molecular complexity index is 941. The van der Waals surface area contributed by atoms with E-state index < -0.39 is 10.0 Å². The minimum atomic E-state index is -3.94. The van der Waals surface area contributed by atoms with Crippen LogP contribution in [0.15, 0.2) is 47.5 Å². The summed E-state index contributed by atoms with van der Waals surface area (Å²) in [6.07, 6.45) is 1.91. The number of nitrogens with one attached hydrogen (secondary N) is 2. The van der Waals surface area contributed by atoms with Gasteiger partial charge in [-0.2, -0.15) is 0 Å². The van der Waals surface area contributed by atoms with Gasteiger partial charge >= 0.3 is 0 Å². The number of rotatable bonds is 4. The van der Waals surface area contributed by atoms with E-state index in [1.54, 1.807) is 12.1 Å². The third-order valence-electron chi connectivity index (χ3n) is 5.10. The van der Waals surface area contributed by atoms with Crippen LogP contribution in [-0.4, -0.2) is 56.1 Å². The third-order valence-corrected chi connectivity index (χ3v) is 6.99. The second-order valence-corrected chi connectivity index (χ2v) is 9.80. The van der Waals surface area contributed by atoms with E-state index in [1.165, 1.54) is 12.1 Å². The molecular formula is C18H22IN5O2S2. The molecule has 1 aromatic carbocycles. The molecule has 1 aliphatic rings. The first kappa shape index (κ1) is 21.4. The first-order valence-corrected chi connectivity index (χ1v) is 11.8. The van der Waals surface area contributed by atoms with Crippen molar-refractivity contribution < 1.29 is 8.42 Å². The average Bonchev–Trinajstić information content (AvgIpc) is 2.68. The van der Waals surface area contributed by atoms with E-state index in [1.807, 2.05) is 6.20 Å². The molecule has 0 radical (unpaired) electrons. The number of nitrogens with zero attached hydrogens (tertiary/aromatic N) is 3. The van der Waals surface area contributed by atoms with Crippen LogP contribution in [0.25, 0.3) is 5.14 Å². The van der Waals surface area contributed by atoms with Crippen molar-refractivity contribution in [2.45, 2.75) is 11.8 Å². The molecule has 3 rings (SSSR count). The van der Waals surface area contributed by atoms with E-state index in [0.29, 0.717) is 10.8 Å². The summed E-state index contributed by atoms with van der Waals surface area (Å²) < 4.78 is 24.5. The number of quaternary nitrogens is 1. The smallest absolute Gasteiger partial charge is 0.227 e. The molecular weight excluding hydrogens is 509 g/mol. The summed E-state index contributed by atoms with van der Waals surface area (Å²) in [6.45, 7) is 6.63. The Morgan fingerprint density at radius 1 is 1.25 bits per heavy atom. The van der Waals surface area contributed by atoms with Crippen molar-refractivity contribution in [1.29, 1.82) is 0 Å². The van der Waals surface area contributed by atoms with E-state index in [4.69, 9.17) is 17.4 Å². The molecule has 150 valence electrons. The van der Waals surface area contributed by atoms with Gasteiger partial charge in [-0.3, -0.25) is 4.48 Å². The summed E-state index contributed by atoms with van der Waals surface area (Å²) in [7, 11) is -3.94. The fraction of sp³-hybridized carbons (Fsp3) is 0.333. The Kier molecular flexibility index (Phi) is 6.54. The van der Waals surface area contributed by atoms with Gasteiger partial charge in [0.15, 0.2) is 5.11 Å². The maximum Gasteiger partial charge on any atom is 0.227 e. The molecule has 0 amide bonds. The molecule has 1 saturated heterocycles. The maximum atomic E-state index is 11.2. The number of likely N-dealkylation sites (N-methyl/N-ethyl adjacent to an activating group) is 1. The highest BCUT2D eigenvalue weighted by Gasteiger charge is 2.35. The highest BCUT2D eigenvalue weighted by molar-refractivity contribution is 14.1. The van der Waals surface area contributed by atoms with E-state index >= 15 is 0 Å². The number of halogens is 1. The quantitative estimate of drug-likeness (QED) is 0.370. The Balaban J connectivity index is 1.64. The highest BCUT2D eigenvalue weighted by Crippen LogP contribution is 2.24. The van der Waals surface area contributed by atoms with Gasteiger partial charge in [-0.25, -0.2) is 13.4 Å². The van der Waals surface area contributed by atoms with E-state index in [-0.39, 0.29) is 4.90 Å². The van der Waals surface area contributed by atoms with Crippen LogP contribution in [0.4, 0.5) is 11.5 Å². The summed E-state index contributed by atoms with van der Waals surface area (Å²) in [5.74, 6) is 1.09. The number of aromatic nitrogens is 1. The van der Waals surface area contributed by atoms with Gasteiger partial charge in [0.1, 0.15) is 13.1 Å². The fourth-order valence-electron chi connectivity index (χ4n) is 3.33. The molecule has 0 saturated carbocycles. The van der Waals surface area contributed by atoms with Crippen molar-refractivity contribution in [1.82, 2.24) is 14.4 Å². The molecule has 1 fully saturated rings. The minimum absolute atomic E-state index is 0.0306. The van der Waals surface area contributed by atoms with E-state index in [0.717, 1.165) is 46.6 Å². The van der Waals surface area contributed by atoms with Crippen molar-refractivity contribution in [3.63, 3.8) is 0 Å². The van der Waals surface area contributed by atoms with Gasteiger partial charge in [0.05, 0.1) is 29.7 Å². The normalized spacial score (nSPS) is 16.6. The average molecular weight is 531 g/mol. The predicted octanol–water partition coefficient (Wildman–Crippen LogP) is 3.47. The Labute approximate surface area is 184 Å². The van der Waals surface area contributed by atoms with Crippen molar-refractivity contribution in [2.24, 2.45) is 0 Å². The highest BCUT2D eigenvalue weighted by atomic mass is 127. The summed E-state index contributed by atoms with van der Waals surface area (Å²) in [6, 6.07) is 10.3. The van der Waals surface area contributed by atoms with Crippen molar-refractivity contribution in [3.05, 3.63) is 51.3 Å². The standard InChI is InChI=1S/C18H22IN5O2S2/c1-2-24(17-8-3-14(19)13-21-17)11-9-23(10-12-24)18(27)22-15-4-6-16(7-5-15)28(20,25)26/h3-8,13H,2,9-12H2,1H3,(H2-,20,22,25,26,27). The molecule has 28 heavy (non-hydrogen) atoms. The molecule has 0 bridgehead atoms. The van der Waals surface area contributed by atoms with Crippen LogP contribution >= 0.6 is 34.8 Å². The zero-order valence-corrected chi connectivity index (χ0v) is 19.2. The Morgan fingerprint density at radius 2 is 1.89 bits per heavy atom. The van der Waals surface area contributed by atoms with Crippen LogP contribution in [0, 0.1) is 3.57 Å². The summed E-state index contributed by atoms with van der Waals surface area (Å²) in [4.78, 5) is 6.74. The first-order valence-electron chi connectivity index (χ1n) is 8.87. The monoisotopic (exact) mass is 531 g/mol. The van der Waals surface area contributed by atoms with Crippen molar-refractivity contribution in [3.8, 4) is 0 Å². The molecule has 1 aliphatic heterocycles. The summed E-state index contributed by atoms with van der Waals surface area (Å²) >= 11 is 7.81. The zero-order chi connectivity index (χ0) is 20.4. The maximum absolute atomic E-state index is 11.2. The molecule has 0 unspecified atom stereocenters. The topological polar surface area (TPSA) is 86.1 Å². The number of anilines is 1.